The van der Waals surface area contributed by atoms with Gasteiger partial charge in [-0.15, -0.1) is 0 Å². The molecule has 0 saturated carbocycles. The van der Waals surface area contributed by atoms with E-state index in [-0.39, 0.29) is 11.0 Å². The van der Waals surface area contributed by atoms with Gasteiger partial charge in [0.25, 0.3) is 0 Å². The zero-order valence-corrected chi connectivity index (χ0v) is 12.5. The first-order valence-corrected chi connectivity index (χ1v) is 7.32. The Bertz CT molecular complexity index is 331. The molecule has 0 aromatic heterocycles. The Labute approximate surface area is 111 Å². The lowest BCUT2D eigenvalue weighted by Gasteiger charge is -2.37. The highest BCUT2D eigenvalue weighted by atomic mass is 16.2. The van der Waals surface area contributed by atoms with Gasteiger partial charge in [0, 0.05) is 30.1 Å². The van der Waals surface area contributed by atoms with Crippen LogP contribution in [0, 0.1) is 11.3 Å². The largest absolute Gasteiger partial charge is 0.342 e. The summed E-state index contributed by atoms with van der Waals surface area (Å²) in [5.74, 6) is 1.12. The van der Waals surface area contributed by atoms with Crippen molar-refractivity contribution in [3.63, 3.8) is 0 Å². The third-order valence-electron chi connectivity index (χ3n) is 4.88. The lowest BCUT2D eigenvalue weighted by Crippen LogP contribution is -2.46. The van der Waals surface area contributed by atoms with Crippen LogP contribution >= 0.6 is 0 Å². The standard InChI is InChI=1S/C15H28N2O/c1-11-6-8-17(9-7-11)13(18)14(3,4)10-15(5)12(2)16-15/h11-12,16H,6-10H2,1-5H3. The molecule has 2 aliphatic heterocycles. The molecule has 104 valence electrons. The predicted molar refractivity (Wildman–Crippen MR) is 74.4 cm³/mol. The smallest absolute Gasteiger partial charge is 0.228 e. The molecule has 2 saturated heterocycles. The molecule has 3 nitrogen and oxygen atoms in total. The molecule has 18 heavy (non-hydrogen) atoms. The third kappa shape index (κ3) is 2.71. The van der Waals surface area contributed by atoms with E-state index in [4.69, 9.17) is 0 Å². The summed E-state index contributed by atoms with van der Waals surface area (Å²) in [6, 6.07) is 0.547. The van der Waals surface area contributed by atoms with Crippen LogP contribution in [0.5, 0.6) is 0 Å². The first-order valence-electron chi connectivity index (χ1n) is 7.32. The summed E-state index contributed by atoms with van der Waals surface area (Å²) >= 11 is 0. The summed E-state index contributed by atoms with van der Waals surface area (Å²) in [4.78, 5) is 14.7. The summed E-state index contributed by atoms with van der Waals surface area (Å²) in [6.45, 7) is 12.8. The average Bonchev–Trinajstić information content (AvgIpc) is 2.84. The van der Waals surface area contributed by atoms with Crippen LogP contribution in [0.3, 0.4) is 0 Å². The monoisotopic (exact) mass is 252 g/mol. The van der Waals surface area contributed by atoms with E-state index in [1.165, 1.54) is 0 Å². The number of carbonyl (C=O) groups is 1. The molecule has 1 amide bonds. The number of nitrogens with zero attached hydrogens (tertiary/aromatic N) is 1. The molecular formula is C15H28N2O. The van der Waals surface area contributed by atoms with Gasteiger partial charge in [-0.3, -0.25) is 4.79 Å². The minimum atomic E-state index is -0.243. The van der Waals surface area contributed by atoms with E-state index in [0.29, 0.717) is 11.9 Å². The lowest BCUT2D eigenvalue weighted by atomic mass is 9.80. The molecule has 1 N–H and O–H groups in total. The van der Waals surface area contributed by atoms with E-state index >= 15 is 0 Å². The summed E-state index contributed by atoms with van der Waals surface area (Å²) in [5, 5.41) is 3.46. The molecule has 0 aliphatic carbocycles. The molecule has 0 bridgehead atoms. The molecule has 2 atom stereocenters. The normalized spacial score (nSPS) is 33.6. The van der Waals surface area contributed by atoms with Crippen molar-refractivity contribution in [1.29, 1.82) is 0 Å². The lowest BCUT2D eigenvalue weighted by molar-refractivity contribution is -0.142. The molecule has 0 aromatic rings. The SMILES string of the molecule is CC1CCN(C(=O)C(C)(C)CC2(C)NC2C)CC1. The van der Waals surface area contributed by atoms with E-state index in [2.05, 4.69) is 44.8 Å². The van der Waals surface area contributed by atoms with Gasteiger partial charge in [0.05, 0.1) is 0 Å². The fourth-order valence-corrected chi connectivity index (χ4v) is 3.29. The second kappa shape index (κ2) is 4.52. The number of nitrogens with one attached hydrogen (secondary N) is 1. The molecule has 2 heterocycles. The quantitative estimate of drug-likeness (QED) is 0.784. The molecule has 2 aliphatic rings. The van der Waals surface area contributed by atoms with Gasteiger partial charge in [0.1, 0.15) is 0 Å². The van der Waals surface area contributed by atoms with Gasteiger partial charge in [-0.2, -0.15) is 0 Å². The number of hydrogen-bond donors (Lipinski definition) is 1. The van der Waals surface area contributed by atoms with Crippen molar-refractivity contribution in [1.82, 2.24) is 10.2 Å². The van der Waals surface area contributed by atoms with E-state index in [0.717, 1.165) is 38.3 Å². The topological polar surface area (TPSA) is 42.2 Å². The van der Waals surface area contributed by atoms with Crippen LogP contribution in [0.4, 0.5) is 0 Å². The maximum absolute atomic E-state index is 12.6. The van der Waals surface area contributed by atoms with Crippen molar-refractivity contribution in [3.8, 4) is 0 Å². The molecule has 2 unspecified atom stereocenters. The zero-order valence-electron chi connectivity index (χ0n) is 12.5. The summed E-state index contributed by atoms with van der Waals surface area (Å²) in [6.07, 6.45) is 3.26. The van der Waals surface area contributed by atoms with Crippen molar-refractivity contribution in [3.05, 3.63) is 0 Å². The molecule has 0 aromatic carbocycles. The maximum atomic E-state index is 12.6. The Morgan fingerprint density at radius 3 is 2.28 bits per heavy atom. The van der Waals surface area contributed by atoms with Crippen LogP contribution in [0.25, 0.3) is 0 Å². The number of likely N-dealkylation sites (tertiary alicyclic amines) is 1. The highest BCUT2D eigenvalue weighted by Crippen LogP contribution is 2.39. The van der Waals surface area contributed by atoms with Crippen molar-refractivity contribution < 1.29 is 4.79 Å². The summed E-state index contributed by atoms with van der Waals surface area (Å²) in [7, 11) is 0. The van der Waals surface area contributed by atoms with Crippen LogP contribution in [0.1, 0.15) is 53.9 Å². The van der Waals surface area contributed by atoms with Crippen LogP contribution in [0.15, 0.2) is 0 Å². The second-order valence-electron chi connectivity index (χ2n) is 7.32. The van der Waals surface area contributed by atoms with Gasteiger partial charge >= 0.3 is 0 Å². The van der Waals surface area contributed by atoms with Crippen molar-refractivity contribution in [2.24, 2.45) is 11.3 Å². The molecule has 3 heteroatoms. The molecule has 0 radical (unpaired) electrons. The minimum absolute atomic E-state index is 0.169. The number of piperidine rings is 1. The highest BCUT2D eigenvalue weighted by Gasteiger charge is 2.51. The van der Waals surface area contributed by atoms with E-state index in [9.17, 15) is 4.79 Å². The van der Waals surface area contributed by atoms with Gasteiger partial charge in [-0.1, -0.05) is 20.8 Å². The fraction of sp³-hybridized carbons (Fsp3) is 0.933. The Kier molecular flexibility index (Phi) is 3.48. The summed E-state index contributed by atoms with van der Waals surface area (Å²) < 4.78 is 0. The van der Waals surface area contributed by atoms with E-state index < -0.39 is 0 Å². The second-order valence-corrected chi connectivity index (χ2v) is 7.32. The van der Waals surface area contributed by atoms with Crippen LogP contribution in [-0.2, 0) is 4.79 Å². The van der Waals surface area contributed by atoms with Gasteiger partial charge in [-0.05, 0) is 39.0 Å². The van der Waals surface area contributed by atoms with Crippen LogP contribution < -0.4 is 5.32 Å². The summed E-state index contributed by atoms with van der Waals surface area (Å²) in [5.41, 5.74) is -0.0741. The van der Waals surface area contributed by atoms with Gasteiger partial charge in [0.15, 0.2) is 0 Å². The Hall–Kier alpha value is -0.570. The predicted octanol–water partition coefficient (Wildman–Crippen LogP) is 2.41. The third-order valence-corrected chi connectivity index (χ3v) is 4.88. The number of amides is 1. The zero-order chi connectivity index (χ0) is 13.6. The van der Waals surface area contributed by atoms with Crippen LogP contribution in [0.2, 0.25) is 0 Å². The Balaban J connectivity index is 1.94. The van der Waals surface area contributed by atoms with E-state index in [1.807, 2.05) is 0 Å². The van der Waals surface area contributed by atoms with Crippen molar-refractivity contribution in [2.75, 3.05) is 13.1 Å². The van der Waals surface area contributed by atoms with Crippen LogP contribution in [-0.4, -0.2) is 35.5 Å². The average molecular weight is 252 g/mol. The van der Waals surface area contributed by atoms with Crippen molar-refractivity contribution >= 4 is 5.91 Å². The maximum Gasteiger partial charge on any atom is 0.228 e. The minimum Gasteiger partial charge on any atom is -0.342 e. The molecular weight excluding hydrogens is 224 g/mol. The molecule has 0 spiro atoms. The molecule has 2 rings (SSSR count). The van der Waals surface area contributed by atoms with E-state index in [1.54, 1.807) is 0 Å². The number of hydrogen-bond acceptors (Lipinski definition) is 2. The first-order chi connectivity index (χ1) is 8.24. The Morgan fingerprint density at radius 1 is 1.33 bits per heavy atom. The number of rotatable bonds is 3. The fourth-order valence-electron chi connectivity index (χ4n) is 3.29. The van der Waals surface area contributed by atoms with Gasteiger partial charge in [0.2, 0.25) is 5.91 Å². The molecule has 2 fully saturated rings. The van der Waals surface area contributed by atoms with Crippen molar-refractivity contribution in [2.45, 2.75) is 65.5 Å². The first kappa shape index (κ1) is 13.9. The highest BCUT2D eigenvalue weighted by molar-refractivity contribution is 5.82. The van der Waals surface area contributed by atoms with Gasteiger partial charge in [-0.25, -0.2) is 0 Å². The Morgan fingerprint density at radius 2 is 1.83 bits per heavy atom. The number of carbonyl (C=O) groups excluding carboxylic acids is 1. The van der Waals surface area contributed by atoms with Gasteiger partial charge < -0.3 is 10.2 Å².